The van der Waals surface area contributed by atoms with E-state index in [4.69, 9.17) is 16.7 Å². The van der Waals surface area contributed by atoms with Gasteiger partial charge in [0.15, 0.2) is 0 Å². The van der Waals surface area contributed by atoms with Crippen molar-refractivity contribution in [1.82, 2.24) is 4.31 Å². The van der Waals surface area contributed by atoms with Gasteiger partial charge in [-0.1, -0.05) is 24.6 Å². The van der Waals surface area contributed by atoms with Crippen molar-refractivity contribution in [2.24, 2.45) is 0 Å². The molecular formula is C12H18ClNO3S. The van der Waals surface area contributed by atoms with Gasteiger partial charge >= 0.3 is 0 Å². The lowest BCUT2D eigenvalue weighted by Crippen LogP contribution is -2.34. The second-order valence-corrected chi connectivity index (χ2v) is 6.57. The Labute approximate surface area is 113 Å². The lowest BCUT2D eigenvalue weighted by molar-refractivity contribution is 0.281. The zero-order valence-corrected chi connectivity index (χ0v) is 12.3. The molecule has 1 atom stereocenters. The molecule has 0 aliphatic heterocycles. The van der Waals surface area contributed by atoms with Crippen LogP contribution in [-0.4, -0.2) is 30.9 Å². The van der Waals surface area contributed by atoms with Gasteiger partial charge in [-0.15, -0.1) is 0 Å². The maximum atomic E-state index is 12.4. The van der Waals surface area contributed by atoms with Crippen LogP contribution in [0.2, 0.25) is 5.02 Å². The first kappa shape index (κ1) is 15.4. The number of benzene rings is 1. The lowest BCUT2D eigenvalue weighted by atomic mass is 10.2. The van der Waals surface area contributed by atoms with Crippen LogP contribution in [0.1, 0.15) is 25.8 Å². The van der Waals surface area contributed by atoms with Gasteiger partial charge in [0.1, 0.15) is 4.90 Å². The highest BCUT2D eigenvalue weighted by Crippen LogP contribution is 2.26. The third-order valence-electron chi connectivity index (χ3n) is 3.05. The van der Waals surface area contributed by atoms with Crippen molar-refractivity contribution in [3.63, 3.8) is 0 Å². The fourth-order valence-electron chi connectivity index (χ4n) is 1.49. The van der Waals surface area contributed by atoms with E-state index in [9.17, 15) is 8.42 Å². The molecule has 1 rings (SSSR count). The number of aliphatic hydroxyl groups excluding tert-OH is 1. The number of rotatable bonds is 5. The molecule has 1 N–H and O–H groups in total. The van der Waals surface area contributed by atoms with Gasteiger partial charge in [-0.2, -0.15) is 4.31 Å². The monoisotopic (exact) mass is 291 g/mol. The molecule has 0 spiro atoms. The second kappa shape index (κ2) is 6.02. The lowest BCUT2D eigenvalue weighted by Gasteiger charge is -2.23. The summed E-state index contributed by atoms with van der Waals surface area (Å²) in [7, 11) is -2.09. The van der Waals surface area contributed by atoms with Crippen LogP contribution < -0.4 is 0 Å². The Balaban J connectivity index is 3.27. The highest BCUT2D eigenvalue weighted by molar-refractivity contribution is 7.89. The highest BCUT2D eigenvalue weighted by Gasteiger charge is 2.26. The molecule has 0 fully saturated rings. The zero-order chi connectivity index (χ0) is 13.9. The summed E-state index contributed by atoms with van der Waals surface area (Å²) in [5, 5.41) is 9.23. The highest BCUT2D eigenvalue weighted by atomic mass is 35.5. The Kier molecular flexibility index (Phi) is 5.16. The number of hydrogen-bond donors (Lipinski definition) is 1. The summed E-state index contributed by atoms with van der Waals surface area (Å²) in [4.78, 5) is 0.0403. The minimum atomic E-state index is -3.62. The van der Waals surface area contributed by atoms with Crippen molar-refractivity contribution in [2.75, 3.05) is 7.05 Å². The van der Waals surface area contributed by atoms with E-state index in [2.05, 4.69) is 0 Å². The molecule has 0 aromatic heterocycles. The summed E-state index contributed by atoms with van der Waals surface area (Å²) < 4.78 is 26.1. The van der Waals surface area contributed by atoms with E-state index in [-0.39, 0.29) is 22.6 Å². The minimum Gasteiger partial charge on any atom is -0.392 e. The first-order valence-corrected chi connectivity index (χ1v) is 7.53. The number of aliphatic hydroxyl groups is 1. The molecule has 1 unspecified atom stereocenters. The third kappa shape index (κ3) is 3.03. The van der Waals surface area contributed by atoms with Gasteiger partial charge in [0.05, 0.1) is 11.6 Å². The third-order valence-corrected chi connectivity index (χ3v) is 5.50. The predicted molar refractivity (Wildman–Crippen MR) is 72.1 cm³/mol. The van der Waals surface area contributed by atoms with E-state index in [1.807, 2.05) is 13.8 Å². The molecule has 0 saturated carbocycles. The molecule has 4 nitrogen and oxygen atoms in total. The Morgan fingerprint density at radius 2 is 2.06 bits per heavy atom. The summed E-state index contributed by atoms with van der Waals surface area (Å²) in [6, 6.07) is 4.40. The van der Waals surface area contributed by atoms with Crippen molar-refractivity contribution in [1.29, 1.82) is 0 Å². The zero-order valence-electron chi connectivity index (χ0n) is 10.7. The SMILES string of the molecule is CCC(C)N(C)S(=O)(=O)c1cc(CO)ccc1Cl. The van der Waals surface area contributed by atoms with Crippen molar-refractivity contribution in [2.45, 2.75) is 37.8 Å². The predicted octanol–water partition coefficient (Wildman–Crippen LogP) is 2.25. The molecule has 0 bridgehead atoms. The Bertz CT molecular complexity index is 516. The molecule has 1 aromatic rings. The minimum absolute atomic E-state index is 0.0403. The maximum Gasteiger partial charge on any atom is 0.244 e. The van der Waals surface area contributed by atoms with Gasteiger partial charge in [-0.05, 0) is 31.0 Å². The summed E-state index contributed by atoms with van der Waals surface area (Å²) in [5.74, 6) is 0. The molecule has 6 heteroatoms. The quantitative estimate of drug-likeness (QED) is 0.905. The van der Waals surface area contributed by atoms with E-state index < -0.39 is 10.0 Å². The summed E-state index contributed by atoms with van der Waals surface area (Å²) in [5.41, 5.74) is 0.524. The summed E-state index contributed by atoms with van der Waals surface area (Å²) >= 11 is 5.94. The molecule has 0 aliphatic rings. The molecule has 0 aliphatic carbocycles. The van der Waals surface area contributed by atoms with Crippen LogP contribution in [0.4, 0.5) is 0 Å². The number of halogens is 1. The number of sulfonamides is 1. The van der Waals surface area contributed by atoms with Crippen LogP contribution in [0.15, 0.2) is 23.1 Å². The second-order valence-electron chi connectivity index (χ2n) is 4.20. The van der Waals surface area contributed by atoms with Crippen LogP contribution in [0, 0.1) is 0 Å². The Morgan fingerprint density at radius 1 is 1.44 bits per heavy atom. The van der Waals surface area contributed by atoms with Gasteiger partial charge in [0, 0.05) is 13.1 Å². The summed E-state index contributed by atoms with van der Waals surface area (Å²) in [6.45, 7) is 3.54. The van der Waals surface area contributed by atoms with Gasteiger partial charge in [-0.3, -0.25) is 0 Å². The average Bonchev–Trinajstić information content (AvgIpc) is 2.37. The topological polar surface area (TPSA) is 57.6 Å². The van der Waals surface area contributed by atoms with Gasteiger partial charge in [-0.25, -0.2) is 8.42 Å². The smallest absolute Gasteiger partial charge is 0.244 e. The van der Waals surface area contributed by atoms with E-state index in [0.29, 0.717) is 12.0 Å². The van der Waals surface area contributed by atoms with Gasteiger partial charge in [0.25, 0.3) is 0 Å². The fourth-order valence-corrected chi connectivity index (χ4v) is 3.45. The first-order chi connectivity index (χ1) is 8.34. The number of nitrogens with zero attached hydrogens (tertiary/aromatic N) is 1. The molecule has 0 saturated heterocycles. The van der Waals surface area contributed by atoms with E-state index in [1.165, 1.54) is 23.5 Å². The maximum absolute atomic E-state index is 12.4. The molecule has 1 aromatic carbocycles. The summed E-state index contributed by atoms with van der Waals surface area (Å²) in [6.07, 6.45) is 0.715. The van der Waals surface area contributed by atoms with Crippen molar-refractivity contribution in [3.8, 4) is 0 Å². The molecular weight excluding hydrogens is 274 g/mol. The molecule has 0 radical (unpaired) electrons. The number of hydrogen-bond acceptors (Lipinski definition) is 3. The van der Waals surface area contributed by atoms with Crippen LogP contribution in [0.5, 0.6) is 0 Å². The Morgan fingerprint density at radius 3 is 2.56 bits per heavy atom. The van der Waals surface area contributed by atoms with E-state index in [0.717, 1.165) is 0 Å². The first-order valence-electron chi connectivity index (χ1n) is 5.71. The van der Waals surface area contributed by atoms with Crippen LogP contribution in [-0.2, 0) is 16.6 Å². The Hall–Kier alpha value is -0.620. The average molecular weight is 292 g/mol. The van der Waals surface area contributed by atoms with E-state index >= 15 is 0 Å². The van der Waals surface area contributed by atoms with Gasteiger partial charge < -0.3 is 5.11 Å². The molecule has 102 valence electrons. The van der Waals surface area contributed by atoms with Crippen LogP contribution in [0.25, 0.3) is 0 Å². The van der Waals surface area contributed by atoms with E-state index in [1.54, 1.807) is 6.07 Å². The largest absolute Gasteiger partial charge is 0.392 e. The molecule has 18 heavy (non-hydrogen) atoms. The molecule has 0 heterocycles. The normalized spacial score (nSPS) is 13.9. The van der Waals surface area contributed by atoms with Crippen molar-refractivity contribution < 1.29 is 13.5 Å². The van der Waals surface area contributed by atoms with Crippen molar-refractivity contribution >= 4 is 21.6 Å². The van der Waals surface area contributed by atoms with Crippen LogP contribution in [0.3, 0.4) is 0 Å². The standard InChI is InChI=1S/C12H18ClNO3S/c1-4-9(2)14(3)18(16,17)12-7-10(8-15)5-6-11(12)13/h5-7,9,15H,4,8H2,1-3H3. The van der Waals surface area contributed by atoms with Crippen LogP contribution >= 0.6 is 11.6 Å². The van der Waals surface area contributed by atoms with Crippen molar-refractivity contribution in [3.05, 3.63) is 28.8 Å². The molecule has 0 amide bonds. The van der Waals surface area contributed by atoms with Gasteiger partial charge in [0.2, 0.25) is 10.0 Å². The fraction of sp³-hybridized carbons (Fsp3) is 0.500.